The number of likely N-dealkylation sites (N-methyl/N-ethyl adjacent to an activating group) is 1. The number of nitrogens with one attached hydrogen (secondary N) is 3. The van der Waals surface area contributed by atoms with Crippen LogP contribution in [0.4, 0.5) is 9.59 Å². The summed E-state index contributed by atoms with van der Waals surface area (Å²) in [7, 11) is 3.31. The summed E-state index contributed by atoms with van der Waals surface area (Å²) >= 11 is 6.31. The highest BCUT2D eigenvalue weighted by Gasteiger charge is 2.42. The molecular weight excluding hydrogens is 504 g/mol. The van der Waals surface area contributed by atoms with Crippen LogP contribution in [-0.2, 0) is 9.47 Å². The number of nitrogens with zero attached hydrogens (tertiary/aromatic N) is 1. The summed E-state index contributed by atoms with van der Waals surface area (Å²) in [6.07, 6.45) is 10.2. The van der Waals surface area contributed by atoms with Crippen LogP contribution in [0.5, 0.6) is 0 Å². The van der Waals surface area contributed by atoms with Crippen molar-refractivity contribution in [1.82, 2.24) is 20.9 Å². The standard InChI is InChI=1S/C29H45ClN4O4/c1-31-19-25(18-29-11-8-21(9-12-29)10-13-29)33-27(35)34-15-4-6-23(20-34)26(22-5-3-7-24(30)17-22)38-16-14-32-28(36)37-2/h3,5,7,17,21,23,25-26,31H,4,6,8-16,18-20H2,1-2H3,(H,32,36)(H,33,35)/t21?,23-,25?,26+,29?/m1/s1. The molecular formula is C29H45ClN4O4. The first-order valence-corrected chi connectivity index (χ1v) is 14.7. The molecule has 9 heteroatoms. The van der Waals surface area contributed by atoms with E-state index in [9.17, 15) is 9.59 Å². The van der Waals surface area contributed by atoms with Gasteiger partial charge < -0.3 is 30.3 Å². The first-order chi connectivity index (χ1) is 18.4. The van der Waals surface area contributed by atoms with Gasteiger partial charge in [-0.1, -0.05) is 23.7 Å². The van der Waals surface area contributed by atoms with Gasteiger partial charge in [-0.2, -0.15) is 0 Å². The lowest BCUT2D eigenvalue weighted by Gasteiger charge is -2.48. The topological polar surface area (TPSA) is 91.9 Å². The summed E-state index contributed by atoms with van der Waals surface area (Å²) < 4.78 is 10.9. The molecule has 1 saturated heterocycles. The van der Waals surface area contributed by atoms with Crippen molar-refractivity contribution in [2.24, 2.45) is 17.3 Å². The minimum absolute atomic E-state index is 0.0213. The molecule has 3 saturated carbocycles. The lowest BCUT2D eigenvalue weighted by Crippen LogP contribution is -2.53. The maximum atomic E-state index is 13.5. The van der Waals surface area contributed by atoms with Crippen LogP contribution >= 0.6 is 11.6 Å². The Morgan fingerprint density at radius 2 is 1.95 bits per heavy atom. The number of carbonyl (C=O) groups excluding carboxylic acids is 2. The zero-order valence-corrected chi connectivity index (χ0v) is 23.7. The van der Waals surface area contributed by atoms with E-state index in [-0.39, 0.29) is 24.1 Å². The van der Waals surface area contributed by atoms with Crippen molar-refractivity contribution in [3.05, 3.63) is 34.9 Å². The Morgan fingerprint density at radius 1 is 1.18 bits per heavy atom. The van der Waals surface area contributed by atoms with Gasteiger partial charge in [0, 0.05) is 43.2 Å². The number of piperidine rings is 1. The molecule has 2 bridgehead atoms. The predicted molar refractivity (Wildman–Crippen MR) is 149 cm³/mol. The van der Waals surface area contributed by atoms with Crippen LogP contribution in [0.15, 0.2) is 24.3 Å². The van der Waals surface area contributed by atoms with Gasteiger partial charge >= 0.3 is 12.1 Å². The highest BCUT2D eigenvalue weighted by Crippen LogP contribution is 2.52. The Hall–Kier alpha value is -2.03. The number of alkyl carbamates (subject to hydrolysis) is 1. The number of likely N-dealkylation sites (tertiary alicyclic amines) is 1. The Labute approximate surface area is 232 Å². The molecule has 1 aromatic rings. The van der Waals surface area contributed by atoms with Gasteiger partial charge in [0.15, 0.2) is 0 Å². The van der Waals surface area contributed by atoms with E-state index < -0.39 is 6.09 Å². The van der Waals surface area contributed by atoms with Crippen molar-refractivity contribution < 1.29 is 19.1 Å². The van der Waals surface area contributed by atoms with Gasteiger partial charge in [-0.25, -0.2) is 9.59 Å². The fourth-order valence-electron chi connectivity index (χ4n) is 6.90. The number of urea groups is 1. The van der Waals surface area contributed by atoms with Crippen LogP contribution in [0.3, 0.4) is 0 Å². The zero-order valence-electron chi connectivity index (χ0n) is 23.0. The quantitative estimate of drug-likeness (QED) is 0.334. The second-order valence-corrected chi connectivity index (χ2v) is 11.9. The number of benzene rings is 1. The smallest absolute Gasteiger partial charge is 0.406 e. The number of methoxy groups -OCH3 is 1. The van der Waals surface area contributed by atoms with E-state index in [2.05, 4.69) is 20.7 Å². The molecule has 3 N–H and O–H groups in total. The van der Waals surface area contributed by atoms with Crippen molar-refractivity contribution in [2.75, 3.05) is 46.9 Å². The number of halogens is 1. The summed E-state index contributed by atoms with van der Waals surface area (Å²) in [6, 6.07) is 7.88. The molecule has 1 unspecified atom stereocenters. The van der Waals surface area contributed by atoms with Crippen LogP contribution in [-0.4, -0.2) is 70.0 Å². The van der Waals surface area contributed by atoms with Crippen LogP contribution < -0.4 is 16.0 Å². The third kappa shape index (κ3) is 7.76. The Bertz CT molecular complexity index is 910. The minimum Gasteiger partial charge on any atom is -0.453 e. The number of rotatable bonds is 11. The SMILES string of the molecule is CNCC(CC12CCC(CC1)CC2)NC(=O)N1CCC[C@@H]([C@@H](OCCNC(=O)OC)c2cccc(Cl)c2)C1. The minimum atomic E-state index is -0.481. The first-order valence-electron chi connectivity index (χ1n) is 14.3. The number of ether oxygens (including phenoxy) is 2. The fourth-order valence-corrected chi connectivity index (χ4v) is 7.09. The van der Waals surface area contributed by atoms with Gasteiger partial charge in [-0.15, -0.1) is 0 Å². The summed E-state index contributed by atoms with van der Waals surface area (Å²) in [5.74, 6) is 1.06. The van der Waals surface area contributed by atoms with Gasteiger partial charge in [0.05, 0.1) is 19.8 Å². The average molecular weight is 549 g/mol. The van der Waals surface area contributed by atoms with Crippen LogP contribution in [0.25, 0.3) is 0 Å². The normalized spacial score (nSPS) is 26.4. The maximum absolute atomic E-state index is 13.5. The van der Waals surface area contributed by atoms with E-state index in [4.69, 9.17) is 16.3 Å². The molecule has 4 fully saturated rings. The van der Waals surface area contributed by atoms with Crippen LogP contribution in [0, 0.1) is 17.3 Å². The second-order valence-electron chi connectivity index (χ2n) is 11.5. The molecule has 0 radical (unpaired) electrons. The lowest BCUT2D eigenvalue weighted by atomic mass is 9.58. The van der Waals surface area contributed by atoms with Gasteiger partial charge in [0.25, 0.3) is 0 Å². The Balaban J connectivity index is 1.38. The molecule has 38 heavy (non-hydrogen) atoms. The molecule has 3 atom stereocenters. The van der Waals surface area contributed by atoms with E-state index in [1.165, 1.54) is 45.6 Å². The fraction of sp³-hybridized carbons (Fsp3) is 0.724. The summed E-state index contributed by atoms with van der Waals surface area (Å²) in [5.41, 5.74) is 1.39. The van der Waals surface area contributed by atoms with Crippen molar-refractivity contribution >= 4 is 23.7 Å². The second kappa shape index (κ2) is 13.9. The van der Waals surface area contributed by atoms with Gasteiger partial charge in [-0.05, 0) is 93.9 Å². The molecule has 5 rings (SSSR count). The van der Waals surface area contributed by atoms with E-state index in [0.717, 1.165) is 43.8 Å². The van der Waals surface area contributed by atoms with E-state index in [1.54, 1.807) is 0 Å². The van der Waals surface area contributed by atoms with Crippen molar-refractivity contribution in [2.45, 2.75) is 69.9 Å². The maximum Gasteiger partial charge on any atom is 0.406 e. The largest absolute Gasteiger partial charge is 0.453 e. The van der Waals surface area contributed by atoms with E-state index >= 15 is 0 Å². The average Bonchev–Trinajstić information content (AvgIpc) is 2.94. The lowest BCUT2D eigenvalue weighted by molar-refractivity contribution is -0.00888. The zero-order chi connectivity index (χ0) is 27.0. The van der Waals surface area contributed by atoms with Crippen molar-refractivity contribution in [1.29, 1.82) is 0 Å². The first kappa shape index (κ1) is 29.0. The highest BCUT2D eigenvalue weighted by molar-refractivity contribution is 6.30. The van der Waals surface area contributed by atoms with Gasteiger partial charge in [0.1, 0.15) is 0 Å². The molecule has 1 heterocycles. The Kier molecular flexibility index (Phi) is 10.6. The monoisotopic (exact) mass is 548 g/mol. The number of fused-ring (bicyclic) bond motifs is 3. The molecule has 0 aromatic heterocycles. The van der Waals surface area contributed by atoms with Crippen molar-refractivity contribution in [3.63, 3.8) is 0 Å². The number of amides is 3. The van der Waals surface area contributed by atoms with Crippen LogP contribution in [0.1, 0.15) is 69.5 Å². The summed E-state index contributed by atoms with van der Waals surface area (Å²) in [4.78, 5) is 26.9. The molecule has 1 aliphatic heterocycles. The molecule has 3 aliphatic carbocycles. The third-order valence-electron chi connectivity index (χ3n) is 8.91. The molecule has 3 amide bonds. The number of carbonyl (C=O) groups is 2. The highest BCUT2D eigenvalue weighted by atomic mass is 35.5. The number of hydrogen-bond acceptors (Lipinski definition) is 5. The summed E-state index contributed by atoms with van der Waals surface area (Å²) in [6.45, 7) is 2.83. The van der Waals surface area contributed by atoms with E-state index in [0.29, 0.717) is 30.1 Å². The predicted octanol–water partition coefficient (Wildman–Crippen LogP) is 5.12. The van der Waals surface area contributed by atoms with Gasteiger partial charge in [-0.3, -0.25) is 0 Å². The van der Waals surface area contributed by atoms with Gasteiger partial charge in [0.2, 0.25) is 0 Å². The molecule has 1 aromatic carbocycles. The van der Waals surface area contributed by atoms with E-state index in [1.807, 2.05) is 36.2 Å². The third-order valence-corrected chi connectivity index (χ3v) is 9.15. The molecule has 4 aliphatic rings. The van der Waals surface area contributed by atoms with Crippen LogP contribution in [0.2, 0.25) is 5.02 Å². The van der Waals surface area contributed by atoms with Crippen molar-refractivity contribution in [3.8, 4) is 0 Å². The molecule has 8 nitrogen and oxygen atoms in total. The Morgan fingerprint density at radius 3 is 2.63 bits per heavy atom. The number of hydrogen-bond donors (Lipinski definition) is 3. The molecule has 212 valence electrons. The molecule has 0 spiro atoms. The summed E-state index contributed by atoms with van der Waals surface area (Å²) in [5, 5.41) is 10.0.